The second-order valence-corrected chi connectivity index (χ2v) is 7.91. The zero-order chi connectivity index (χ0) is 22.0. The number of carbonyl (C=O) groups is 1. The second kappa shape index (κ2) is 6.81. The first-order valence-electron chi connectivity index (χ1n) is 9.86. The number of benzene rings is 2. The number of Topliss-reactive ketones (excluding diaryl/α,β-unsaturated/α-hetero) is 1. The van der Waals surface area contributed by atoms with Crippen molar-refractivity contribution in [2.24, 2.45) is 0 Å². The van der Waals surface area contributed by atoms with Gasteiger partial charge in [-0.3, -0.25) is 4.79 Å². The number of carbonyl (C=O) groups excluding carboxylic acids is 1. The molecule has 0 fully saturated rings. The third kappa shape index (κ3) is 2.75. The van der Waals surface area contributed by atoms with E-state index in [-0.39, 0.29) is 34.7 Å². The fourth-order valence-electron chi connectivity index (χ4n) is 4.45. The minimum Gasteiger partial charge on any atom is -0.507 e. The van der Waals surface area contributed by atoms with Crippen LogP contribution in [-0.4, -0.2) is 48.7 Å². The number of ketones is 1. The lowest BCUT2D eigenvalue weighted by molar-refractivity contribution is -0.112. The molecule has 8 nitrogen and oxygen atoms in total. The first-order valence-corrected chi connectivity index (χ1v) is 9.86. The summed E-state index contributed by atoms with van der Waals surface area (Å²) in [6, 6.07) is 4.63. The minimum atomic E-state index is -1.40. The van der Waals surface area contributed by atoms with Crippen LogP contribution in [-0.2, 0) is 6.42 Å². The van der Waals surface area contributed by atoms with Gasteiger partial charge in [-0.2, -0.15) is 0 Å². The highest BCUT2D eigenvalue weighted by Crippen LogP contribution is 2.53. The number of phenolic OH excluding ortho intramolecular Hbond substituents is 1. The molecule has 0 bridgehead atoms. The van der Waals surface area contributed by atoms with Crippen LogP contribution in [0.3, 0.4) is 0 Å². The number of fused-ring (bicyclic) bond motifs is 6. The Hall–Kier alpha value is -3.39. The fourth-order valence-corrected chi connectivity index (χ4v) is 4.45. The van der Waals surface area contributed by atoms with Crippen LogP contribution < -0.4 is 23.7 Å². The Morgan fingerprint density at radius 3 is 2.48 bits per heavy atom. The van der Waals surface area contributed by atoms with Crippen LogP contribution in [0.5, 0.6) is 34.5 Å². The summed E-state index contributed by atoms with van der Waals surface area (Å²) in [7, 11) is 2.97. The molecule has 3 aliphatic heterocycles. The van der Waals surface area contributed by atoms with E-state index in [1.54, 1.807) is 12.1 Å². The van der Waals surface area contributed by atoms with Crippen molar-refractivity contribution in [1.29, 1.82) is 0 Å². The highest BCUT2D eigenvalue weighted by atomic mass is 16.6. The molecule has 0 aliphatic carbocycles. The zero-order valence-corrected chi connectivity index (χ0v) is 17.3. The monoisotopic (exact) mass is 426 g/mol. The molecule has 3 aliphatic rings. The van der Waals surface area contributed by atoms with E-state index in [9.17, 15) is 15.0 Å². The van der Waals surface area contributed by atoms with Gasteiger partial charge in [-0.25, -0.2) is 0 Å². The molecule has 5 rings (SSSR count). The van der Waals surface area contributed by atoms with Gasteiger partial charge < -0.3 is 33.9 Å². The number of rotatable bonds is 3. The Morgan fingerprint density at radius 1 is 1.10 bits per heavy atom. The van der Waals surface area contributed by atoms with E-state index in [4.69, 9.17) is 23.7 Å². The summed E-state index contributed by atoms with van der Waals surface area (Å²) in [6.07, 6.45) is -2.22. The molecule has 0 spiro atoms. The van der Waals surface area contributed by atoms with Crippen LogP contribution in [0.4, 0.5) is 0 Å². The summed E-state index contributed by atoms with van der Waals surface area (Å²) < 4.78 is 28.3. The molecule has 0 unspecified atom stereocenters. The summed E-state index contributed by atoms with van der Waals surface area (Å²) in [4.78, 5) is 13.6. The highest BCUT2D eigenvalue weighted by molar-refractivity contribution is 6.08. The van der Waals surface area contributed by atoms with Crippen LogP contribution in [0.15, 0.2) is 30.4 Å². The maximum atomic E-state index is 13.6. The Kier molecular flexibility index (Phi) is 4.30. The van der Waals surface area contributed by atoms with Gasteiger partial charge in [-0.05, 0) is 18.6 Å². The van der Waals surface area contributed by atoms with Gasteiger partial charge in [0.25, 0.3) is 0 Å². The van der Waals surface area contributed by atoms with Gasteiger partial charge in [-0.1, -0.05) is 6.58 Å². The summed E-state index contributed by atoms with van der Waals surface area (Å²) in [5.41, 5.74) is 2.04. The lowest BCUT2D eigenvalue weighted by atomic mass is 9.80. The number of ether oxygens (including phenoxy) is 5. The van der Waals surface area contributed by atoms with Gasteiger partial charge in [0.1, 0.15) is 34.7 Å². The van der Waals surface area contributed by atoms with Gasteiger partial charge in [0.2, 0.25) is 6.29 Å². The Labute approximate surface area is 178 Å². The van der Waals surface area contributed by atoms with E-state index in [0.717, 1.165) is 5.57 Å². The van der Waals surface area contributed by atoms with Gasteiger partial charge in [0, 0.05) is 29.7 Å². The molecule has 0 saturated carbocycles. The maximum absolute atomic E-state index is 13.6. The van der Waals surface area contributed by atoms with Crippen molar-refractivity contribution in [1.82, 2.24) is 0 Å². The highest BCUT2D eigenvalue weighted by Gasteiger charge is 2.50. The van der Waals surface area contributed by atoms with E-state index in [0.29, 0.717) is 34.8 Å². The fraction of sp³-hybridized carbons (Fsp3) is 0.348. The number of hydrogen-bond acceptors (Lipinski definition) is 8. The smallest absolute Gasteiger partial charge is 0.235 e. The first kappa shape index (κ1) is 19.6. The topological polar surface area (TPSA) is 104 Å². The third-order valence-corrected chi connectivity index (χ3v) is 6.02. The SMILES string of the molecule is C=C(C)[C@@H]1Cc2c(cc(O)c3c2O[C@H]2[C@@H](O)Oc4cc(OC)c(OC)cc4[C@@H]2C3=O)O1. The molecule has 8 heteroatoms. The van der Waals surface area contributed by atoms with E-state index in [1.807, 2.05) is 6.92 Å². The molecule has 4 atom stereocenters. The number of aliphatic hydroxyl groups excluding tert-OH is 1. The number of phenols is 1. The van der Waals surface area contributed by atoms with Crippen molar-refractivity contribution in [3.05, 3.63) is 47.0 Å². The lowest BCUT2D eigenvalue weighted by Gasteiger charge is -2.40. The molecule has 2 aromatic carbocycles. The summed E-state index contributed by atoms with van der Waals surface area (Å²) in [5, 5.41) is 21.3. The normalized spacial score (nSPS) is 25.1. The molecule has 0 saturated heterocycles. The van der Waals surface area contributed by atoms with E-state index in [2.05, 4.69) is 6.58 Å². The quantitative estimate of drug-likeness (QED) is 0.722. The van der Waals surface area contributed by atoms with Crippen LogP contribution in [0, 0.1) is 0 Å². The van der Waals surface area contributed by atoms with Crippen molar-refractivity contribution in [3.8, 4) is 34.5 Å². The van der Waals surface area contributed by atoms with Gasteiger partial charge in [0.05, 0.1) is 20.1 Å². The standard InChI is InChI=1S/C23H22O8/c1-9(2)13-6-11-14(29-13)7-12(24)19-20(25)18-10-5-16(27-3)17(28-4)8-15(10)30-23(26)22(18)31-21(11)19/h5,7-8,13,18,22-24,26H,1,6H2,2-4H3/t13-,18+,22+,23-/m0/s1. The molecular weight excluding hydrogens is 404 g/mol. The minimum absolute atomic E-state index is 0.0702. The van der Waals surface area contributed by atoms with E-state index >= 15 is 0 Å². The largest absolute Gasteiger partial charge is 0.507 e. The Morgan fingerprint density at radius 2 is 1.81 bits per heavy atom. The van der Waals surface area contributed by atoms with E-state index < -0.39 is 18.3 Å². The maximum Gasteiger partial charge on any atom is 0.235 e. The number of hydrogen-bond donors (Lipinski definition) is 2. The summed E-state index contributed by atoms with van der Waals surface area (Å²) in [6.45, 7) is 5.77. The molecule has 3 heterocycles. The van der Waals surface area contributed by atoms with Crippen LogP contribution in [0.1, 0.15) is 34.3 Å². The Bertz CT molecular complexity index is 1120. The zero-order valence-electron chi connectivity index (χ0n) is 17.3. The molecule has 162 valence electrons. The van der Waals surface area contributed by atoms with Crippen molar-refractivity contribution in [2.45, 2.75) is 37.8 Å². The average Bonchev–Trinajstić information content (AvgIpc) is 3.17. The number of methoxy groups -OCH3 is 2. The summed E-state index contributed by atoms with van der Waals surface area (Å²) >= 11 is 0. The first-order chi connectivity index (χ1) is 14.8. The van der Waals surface area contributed by atoms with Crippen molar-refractivity contribution >= 4 is 5.78 Å². The number of aliphatic hydroxyl groups is 1. The average molecular weight is 426 g/mol. The van der Waals surface area contributed by atoms with Crippen LogP contribution in [0.25, 0.3) is 0 Å². The molecular formula is C23H22O8. The number of aromatic hydroxyl groups is 1. The van der Waals surface area contributed by atoms with Gasteiger partial charge in [0.15, 0.2) is 23.4 Å². The van der Waals surface area contributed by atoms with Crippen molar-refractivity contribution < 1.29 is 38.7 Å². The molecule has 2 aromatic rings. The predicted octanol–water partition coefficient (Wildman–Crippen LogP) is 2.73. The molecule has 31 heavy (non-hydrogen) atoms. The molecule has 0 amide bonds. The van der Waals surface area contributed by atoms with Crippen LogP contribution in [0.2, 0.25) is 0 Å². The van der Waals surface area contributed by atoms with Crippen molar-refractivity contribution in [3.63, 3.8) is 0 Å². The lowest BCUT2D eigenvalue weighted by Crippen LogP contribution is -2.49. The van der Waals surface area contributed by atoms with Gasteiger partial charge >= 0.3 is 0 Å². The van der Waals surface area contributed by atoms with Crippen LogP contribution >= 0.6 is 0 Å². The van der Waals surface area contributed by atoms with Crippen molar-refractivity contribution in [2.75, 3.05) is 14.2 Å². The third-order valence-electron chi connectivity index (χ3n) is 6.02. The van der Waals surface area contributed by atoms with Gasteiger partial charge in [-0.15, -0.1) is 0 Å². The summed E-state index contributed by atoms with van der Waals surface area (Å²) in [5.74, 6) is 0.260. The molecule has 2 N–H and O–H groups in total. The second-order valence-electron chi connectivity index (χ2n) is 7.91. The molecule has 0 radical (unpaired) electrons. The molecule has 0 aromatic heterocycles. The van der Waals surface area contributed by atoms with E-state index in [1.165, 1.54) is 20.3 Å². The Balaban J connectivity index is 1.65. The predicted molar refractivity (Wildman–Crippen MR) is 109 cm³/mol.